The number of alkyl carbamates (subject to hydrolysis) is 1. The first kappa shape index (κ1) is 18.7. The molecule has 0 aliphatic carbocycles. The molecule has 0 rings (SSSR count). The van der Waals surface area contributed by atoms with Crippen LogP contribution in [0.25, 0.3) is 0 Å². The predicted octanol–water partition coefficient (Wildman–Crippen LogP) is 3.19. The van der Waals surface area contributed by atoms with Crippen LogP contribution in [0, 0.1) is 23.0 Å². The van der Waals surface area contributed by atoms with Crippen LogP contribution in [0.5, 0.6) is 0 Å². The zero-order chi connectivity index (χ0) is 16.0. The number of amides is 1. The third-order valence-corrected chi connectivity index (χ3v) is 2.74. The number of nitro groups is 1. The van der Waals surface area contributed by atoms with Crippen LogP contribution >= 0.6 is 0 Å². The quantitative estimate of drug-likeness (QED) is 0.443. The number of rotatable bonds is 7. The molecule has 0 aromatic rings. The molecular formula is C14H27N2O4. The summed E-state index contributed by atoms with van der Waals surface area (Å²) in [7, 11) is 0. The highest BCUT2D eigenvalue weighted by Crippen LogP contribution is 2.22. The lowest BCUT2D eigenvalue weighted by atomic mass is 9.89. The Morgan fingerprint density at radius 3 is 2.35 bits per heavy atom. The molecule has 0 saturated heterocycles. The standard InChI is InChI=1S/C14H27N2O4/c1-11(10-14(5,6)16(18)19)8-7-9-15-12(17)20-13(2,3)4/h11H,1,7-10H2,2-6H3,(H,15,17). The van der Waals surface area contributed by atoms with Crippen molar-refractivity contribution in [2.24, 2.45) is 5.92 Å². The van der Waals surface area contributed by atoms with Gasteiger partial charge in [0.2, 0.25) is 5.54 Å². The van der Waals surface area contributed by atoms with Crippen molar-refractivity contribution >= 4 is 6.09 Å². The molecule has 117 valence electrons. The predicted molar refractivity (Wildman–Crippen MR) is 78.0 cm³/mol. The largest absolute Gasteiger partial charge is 0.444 e. The molecule has 1 N–H and O–H groups in total. The summed E-state index contributed by atoms with van der Waals surface area (Å²) in [4.78, 5) is 21.9. The maximum Gasteiger partial charge on any atom is 0.407 e. The average Bonchev–Trinajstić information content (AvgIpc) is 2.21. The van der Waals surface area contributed by atoms with E-state index in [2.05, 4.69) is 12.2 Å². The second kappa shape index (κ2) is 7.45. The molecule has 0 aromatic heterocycles. The zero-order valence-corrected chi connectivity index (χ0v) is 13.2. The van der Waals surface area contributed by atoms with E-state index in [1.165, 1.54) is 0 Å². The summed E-state index contributed by atoms with van der Waals surface area (Å²) < 4.78 is 5.10. The van der Waals surface area contributed by atoms with Gasteiger partial charge in [0.1, 0.15) is 5.60 Å². The van der Waals surface area contributed by atoms with Crippen molar-refractivity contribution in [3.63, 3.8) is 0 Å². The van der Waals surface area contributed by atoms with E-state index in [4.69, 9.17) is 4.74 Å². The Bertz CT molecular complexity index is 335. The molecular weight excluding hydrogens is 260 g/mol. The van der Waals surface area contributed by atoms with Crippen molar-refractivity contribution in [1.82, 2.24) is 5.32 Å². The molecule has 1 unspecified atom stereocenters. The minimum absolute atomic E-state index is 0.00386. The summed E-state index contributed by atoms with van der Waals surface area (Å²) in [5.74, 6) is -0.00386. The first-order valence-corrected chi connectivity index (χ1v) is 6.88. The Morgan fingerprint density at radius 2 is 1.90 bits per heavy atom. The first-order valence-electron chi connectivity index (χ1n) is 6.88. The highest BCUT2D eigenvalue weighted by Gasteiger charge is 2.32. The molecule has 1 amide bonds. The fourth-order valence-corrected chi connectivity index (χ4v) is 1.78. The minimum Gasteiger partial charge on any atom is -0.444 e. The summed E-state index contributed by atoms with van der Waals surface area (Å²) in [6.07, 6.45) is 1.43. The maximum absolute atomic E-state index is 11.4. The Morgan fingerprint density at radius 1 is 1.35 bits per heavy atom. The average molecular weight is 287 g/mol. The number of carbonyl (C=O) groups is 1. The number of hydrogen-bond donors (Lipinski definition) is 1. The molecule has 0 fully saturated rings. The van der Waals surface area contributed by atoms with E-state index in [-0.39, 0.29) is 10.8 Å². The molecule has 6 heteroatoms. The molecule has 20 heavy (non-hydrogen) atoms. The van der Waals surface area contributed by atoms with E-state index in [0.29, 0.717) is 13.0 Å². The van der Waals surface area contributed by atoms with Crippen LogP contribution in [-0.4, -0.2) is 28.7 Å². The number of hydrogen-bond acceptors (Lipinski definition) is 4. The monoisotopic (exact) mass is 287 g/mol. The van der Waals surface area contributed by atoms with Crippen molar-refractivity contribution < 1.29 is 14.5 Å². The van der Waals surface area contributed by atoms with Gasteiger partial charge >= 0.3 is 6.09 Å². The van der Waals surface area contributed by atoms with Crippen LogP contribution in [0.1, 0.15) is 53.9 Å². The van der Waals surface area contributed by atoms with E-state index in [9.17, 15) is 14.9 Å². The van der Waals surface area contributed by atoms with Crippen LogP contribution in [0.3, 0.4) is 0 Å². The molecule has 0 aromatic carbocycles. The second-order valence-electron chi connectivity index (χ2n) is 6.71. The van der Waals surface area contributed by atoms with Gasteiger partial charge in [-0.25, -0.2) is 4.79 Å². The van der Waals surface area contributed by atoms with Crippen molar-refractivity contribution in [1.29, 1.82) is 0 Å². The number of nitrogens with one attached hydrogen (secondary N) is 1. The molecule has 1 radical (unpaired) electrons. The molecule has 1 atom stereocenters. The normalized spacial score (nSPS) is 13.7. The smallest absolute Gasteiger partial charge is 0.407 e. The van der Waals surface area contributed by atoms with Crippen molar-refractivity contribution in [3.05, 3.63) is 17.0 Å². The highest BCUT2D eigenvalue weighted by atomic mass is 16.6. The van der Waals surface area contributed by atoms with Gasteiger partial charge in [0.15, 0.2) is 0 Å². The molecule has 6 nitrogen and oxygen atoms in total. The van der Waals surface area contributed by atoms with Gasteiger partial charge in [-0.15, -0.1) is 0 Å². The van der Waals surface area contributed by atoms with Crippen LogP contribution < -0.4 is 5.32 Å². The van der Waals surface area contributed by atoms with E-state index in [1.54, 1.807) is 34.6 Å². The Labute approximate surface area is 121 Å². The fraction of sp³-hybridized carbons (Fsp3) is 0.857. The summed E-state index contributed by atoms with van der Waals surface area (Å²) in [6, 6.07) is 0. The molecule has 0 heterocycles. The third kappa shape index (κ3) is 8.72. The minimum atomic E-state index is -0.953. The number of carbonyl (C=O) groups excluding carboxylic acids is 1. The summed E-state index contributed by atoms with van der Waals surface area (Å²) in [6.45, 7) is 13.0. The van der Waals surface area contributed by atoms with Crippen LogP contribution in [0.4, 0.5) is 4.79 Å². The zero-order valence-electron chi connectivity index (χ0n) is 13.2. The topological polar surface area (TPSA) is 81.5 Å². The summed E-state index contributed by atoms with van der Waals surface area (Å²) in [5, 5.41) is 13.5. The van der Waals surface area contributed by atoms with E-state index < -0.39 is 17.2 Å². The van der Waals surface area contributed by atoms with E-state index in [0.717, 1.165) is 12.8 Å². The maximum atomic E-state index is 11.4. The van der Waals surface area contributed by atoms with Gasteiger partial charge in [-0.2, -0.15) is 0 Å². The SMILES string of the molecule is [CH2]C(CCCNC(=O)OC(C)(C)C)CC(C)(C)[N+](=O)[O-]. The Kier molecular flexibility index (Phi) is 6.96. The first-order chi connectivity index (χ1) is 8.94. The van der Waals surface area contributed by atoms with E-state index >= 15 is 0 Å². The second-order valence-corrected chi connectivity index (χ2v) is 6.71. The lowest BCUT2D eigenvalue weighted by molar-refractivity contribution is -0.562. The number of ether oxygens (including phenoxy) is 1. The third-order valence-electron chi connectivity index (χ3n) is 2.74. The van der Waals surface area contributed by atoms with Gasteiger partial charge in [-0.3, -0.25) is 10.1 Å². The van der Waals surface area contributed by atoms with Crippen molar-refractivity contribution in [3.8, 4) is 0 Å². The lowest BCUT2D eigenvalue weighted by Gasteiger charge is -2.21. The Hall–Kier alpha value is -1.33. The highest BCUT2D eigenvalue weighted by molar-refractivity contribution is 5.67. The molecule has 0 saturated carbocycles. The van der Waals surface area contributed by atoms with Gasteiger partial charge in [0, 0.05) is 31.7 Å². The van der Waals surface area contributed by atoms with Crippen molar-refractivity contribution in [2.75, 3.05) is 6.54 Å². The van der Waals surface area contributed by atoms with Gasteiger partial charge < -0.3 is 10.1 Å². The van der Waals surface area contributed by atoms with Gasteiger partial charge in [0.05, 0.1) is 0 Å². The molecule has 0 bridgehead atoms. The summed E-state index contributed by atoms with van der Waals surface area (Å²) >= 11 is 0. The Balaban J connectivity index is 3.86. The van der Waals surface area contributed by atoms with Gasteiger partial charge in [-0.1, -0.05) is 0 Å². The number of nitrogens with zero attached hydrogens (tertiary/aromatic N) is 1. The van der Waals surface area contributed by atoms with Crippen molar-refractivity contribution in [2.45, 2.75) is 65.0 Å². The van der Waals surface area contributed by atoms with Crippen LogP contribution in [0.2, 0.25) is 0 Å². The summed E-state index contributed by atoms with van der Waals surface area (Å²) in [5.41, 5.74) is -1.46. The molecule has 0 spiro atoms. The van der Waals surface area contributed by atoms with Crippen LogP contribution in [-0.2, 0) is 4.74 Å². The molecule has 0 aliphatic heterocycles. The van der Waals surface area contributed by atoms with Crippen LogP contribution in [0.15, 0.2) is 0 Å². The van der Waals surface area contributed by atoms with Gasteiger partial charge in [-0.05, 0) is 46.5 Å². The molecule has 0 aliphatic rings. The lowest BCUT2D eigenvalue weighted by Crippen LogP contribution is -2.34. The fourth-order valence-electron chi connectivity index (χ4n) is 1.78. The van der Waals surface area contributed by atoms with Gasteiger partial charge in [0.25, 0.3) is 0 Å². The van der Waals surface area contributed by atoms with E-state index in [1.807, 2.05) is 0 Å².